The van der Waals surface area contributed by atoms with E-state index in [0.29, 0.717) is 18.2 Å². The number of fused-ring (bicyclic) bond motifs is 3. The van der Waals surface area contributed by atoms with Gasteiger partial charge in [0.05, 0.1) is 16.6 Å². The fourth-order valence-electron chi connectivity index (χ4n) is 4.31. The Morgan fingerprint density at radius 2 is 1.69 bits per heavy atom. The summed E-state index contributed by atoms with van der Waals surface area (Å²) in [7, 11) is 2.02. The standard InChI is InChI=1S/C22H24N6O.C2HF3O2/c1-26-17-8-3-2-7-16(17)20-18(26)15-19(28(20)22-24-9-6-10-25-22)21(29)23-11-14-27-12-4-5-13-27;3-2(4,5)1(6)7/h2-3,6-10,15H,4-5,11-14H2,1H3,(H,23,29);(H,6,7). The van der Waals surface area contributed by atoms with Crippen LogP contribution in [0.25, 0.3) is 27.9 Å². The molecule has 12 heteroatoms. The number of aliphatic carboxylic acids is 1. The SMILES string of the molecule is Cn1c2ccccc2c2c1cc(C(=O)NCCN1CCCC1)n2-c1ncccn1.O=C(O)C(F)(F)F. The van der Waals surface area contributed by atoms with Crippen LogP contribution in [0, 0.1) is 0 Å². The third kappa shape index (κ3) is 5.18. The third-order valence-corrected chi connectivity index (χ3v) is 6.00. The van der Waals surface area contributed by atoms with Gasteiger partial charge in [0.25, 0.3) is 5.91 Å². The Morgan fingerprint density at radius 1 is 1.06 bits per heavy atom. The van der Waals surface area contributed by atoms with Crippen LogP contribution in [-0.2, 0) is 11.8 Å². The summed E-state index contributed by atoms with van der Waals surface area (Å²) >= 11 is 0. The number of carbonyl (C=O) groups is 2. The molecule has 1 amide bonds. The van der Waals surface area contributed by atoms with Crippen LogP contribution >= 0.6 is 0 Å². The molecule has 190 valence electrons. The van der Waals surface area contributed by atoms with Crippen molar-refractivity contribution in [3.8, 4) is 5.95 Å². The number of alkyl halides is 3. The molecule has 9 nitrogen and oxygen atoms in total. The second-order valence-corrected chi connectivity index (χ2v) is 8.33. The first-order valence-electron chi connectivity index (χ1n) is 11.4. The maximum absolute atomic E-state index is 13.1. The molecule has 0 radical (unpaired) electrons. The van der Waals surface area contributed by atoms with Crippen molar-refractivity contribution in [3.05, 3.63) is 54.5 Å². The number of aryl methyl sites for hydroxylation is 1. The molecule has 0 unspecified atom stereocenters. The van der Waals surface area contributed by atoms with Crippen LogP contribution in [-0.4, -0.2) is 73.3 Å². The molecule has 0 aliphatic carbocycles. The van der Waals surface area contributed by atoms with E-state index in [9.17, 15) is 18.0 Å². The van der Waals surface area contributed by atoms with E-state index >= 15 is 0 Å². The second-order valence-electron chi connectivity index (χ2n) is 8.33. The molecule has 4 heterocycles. The van der Waals surface area contributed by atoms with Crippen molar-refractivity contribution in [2.75, 3.05) is 26.2 Å². The van der Waals surface area contributed by atoms with Crippen molar-refractivity contribution in [2.45, 2.75) is 19.0 Å². The summed E-state index contributed by atoms with van der Waals surface area (Å²) in [5.41, 5.74) is 3.62. The van der Waals surface area contributed by atoms with Gasteiger partial charge in [-0.1, -0.05) is 18.2 Å². The largest absolute Gasteiger partial charge is 0.490 e. The van der Waals surface area contributed by atoms with Crippen LogP contribution in [0.2, 0.25) is 0 Å². The van der Waals surface area contributed by atoms with Gasteiger partial charge < -0.3 is 19.9 Å². The Morgan fingerprint density at radius 3 is 2.33 bits per heavy atom. The molecule has 1 aliphatic heterocycles. The average Bonchev–Trinajstić information content (AvgIpc) is 3.57. The summed E-state index contributed by atoms with van der Waals surface area (Å²) < 4.78 is 35.7. The van der Waals surface area contributed by atoms with Crippen LogP contribution in [0.5, 0.6) is 0 Å². The molecule has 0 atom stereocenters. The highest BCUT2D eigenvalue weighted by Crippen LogP contribution is 2.32. The number of hydrogen-bond acceptors (Lipinski definition) is 5. The highest BCUT2D eigenvalue weighted by atomic mass is 19.4. The predicted molar refractivity (Wildman–Crippen MR) is 127 cm³/mol. The summed E-state index contributed by atoms with van der Waals surface area (Å²) in [5.74, 6) is -2.35. The fraction of sp³-hybridized carbons (Fsp3) is 0.333. The zero-order valence-corrected chi connectivity index (χ0v) is 19.5. The van der Waals surface area contributed by atoms with E-state index in [4.69, 9.17) is 9.90 Å². The van der Waals surface area contributed by atoms with E-state index in [-0.39, 0.29) is 5.91 Å². The first kappa shape index (κ1) is 25.2. The normalized spacial score (nSPS) is 14.1. The number of para-hydroxylation sites is 1. The van der Waals surface area contributed by atoms with Gasteiger partial charge in [-0.25, -0.2) is 14.8 Å². The number of carboxylic acids is 1. The zero-order chi connectivity index (χ0) is 25.9. The lowest BCUT2D eigenvalue weighted by atomic mass is 10.2. The van der Waals surface area contributed by atoms with E-state index in [2.05, 4.69) is 36.9 Å². The summed E-state index contributed by atoms with van der Waals surface area (Å²) in [6.45, 7) is 3.77. The molecule has 0 saturated carbocycles. The number of amides is 1. The maximum atomic E-state index is 13.1. The van der Waals surface area contributed by atoms with E-state index < -0.39 is 12.1 Å². The van der Waals surface area contributed by atoms with Crippen molar-refractivity contribution in [3.63, 3.8) is 0 Å². The van der Waals surface area contributed by atoms with Crippen LogP contribution in [0.1, 0.15) is 23.3 Å². The minimum absolute atomic E-state index is 0.100. The lowest BCUT2D eigenvalue weighted by Crippen LogP contribution is -2.34. The van der Waals surface area contributed by atoms with Crippen molar-refractivity contribution in [1.82, 2.24) is 29.3 Å². The molecule has 1 fully saturated rings. The lowest BCUT2D eigenvalue weighted by Gasteiger charge is -2.15. The summed E-state index contributed by atoms with van der Waals surface area (Å²) in [6, 6.07) is 11.9. The Bertz CT molecular complexity index is 1370. The van der Waals surface area contributed by atoms with Crippen LogP contribution in [0.3, 0.4) is 0 Å². The second kappa shape index (κ2) is 10.4. The van der Waals surface area contributed by atoms with Crippen LogP contribution < -0.4 is 5.32 Å². The number of carboxylic acid groups (broad SMARTS) is 1. The molecule has 36 heavy (non-hydrogen) atoms. The number of likely N-dealkylation sites (tertiary alicyclic amines) is 1. The monoisotopic (exact) mass is 502 g/mol. The number of aromatic nitrogens is 4. The summed E-state index contributed by atoms with van der Waals surface area (Å²) in [6.07, 6.45) is 0.823. The molecule has 0 bridgehead atoms. The first-order chi connectivity index (χ1) is 17.2. The molecular weight excluding hydrogens is 477 g/mol. The molecule has 5 rings (SSSR count). The van der Waals surface area contributed by atoms with E-state index in [1.807, 2.05) is 29.8 Å². The predicted octanol–water partition coefficient (Wildman–Crippen LogP) is 3.37. The Hall–Kier alpha value is -3.93. The summed E-state index contributed by atoms with van der Waals surface area (Å²) in [4.78, 5) is 33.3. The zero-order valence-electron chi connectivity index (χ0n) is 19.5. The number of rotatable bonds is 5. The van der Waals surface area contributed by atoms with Gasteiger partial charge in [0.2, 0.25) is 5.95 Å². The van der Waals surface area contributed by atoms with Gasteiger partial charge in [-0.2, -0.15) is 13.2 Å². The van der Waals surface area contributed by atoms with Crippen LogP contribution in [0.4, 0.5) is 13.2 Å². The molecular formula is C24H25F3N6O3. The molecule has 1 aliphatic rings. The number of hydrogen-bond donors (Lipinski definition) is 2. The smallest absolute Gasteiger partial charge is 0.475 e. The Balaban J connectivity index is 0.000000384. The van der Waals surface area contributed by atoms with Gasteiger partial charge in [0.1, 0.15) is 5.69 Å². The molecule has 1 saturated heterocycles. The van der Waals surface area contributed by atoms with Gasteiger partial charge in [-0.3, -0.25) is 9.36 Å². The number of benzene rings is 1. The highest BCUT2D eigenvalue weighted by Gasteiger charge is 2.38. The number of halogens is 3. The number of carbonyl (C=O) groups excluding carboxylic acids is 1. The topological polar surface area (TPSA) is 105 Å². The molecule has 0 spiro atoms. The van der Waals surface area contributed by atoms with Crippen molar-refractivity contribution in [2.24, 2.45) is 7.05 Å². The molecule has 3 aromatic heterocycles. The average molecular weight is 502 g/mol. The maximum Gasteiger partial charge on any atom is 0.490 e. The van der Waals surface area contributed by atoms with Gasteiger partial charge >= 0.3 is 12.1 Å². The molecule has 1 aromatic carbocycles. The lowest BCUT2D eigenvalue weighted by molar-refractivity contribution is -0.192. The van der Waals surface area contributed by atoms with Gasteiger partial charge in [0.15, 0.2) is 0 Å². The minimum atomic E-state index is -5.08. The Labute approximate surface area is 204 Å². The van der Waals surface area contributed by atoms with E-state index in [0.717, 1.165) is 41.6 Å². The highest BCUT2D eigenvalue weighted by molar-refractivity contribution is 6.10. The van der Waals surface area contributed by atoms with Crippen molar-refractivity contribution in [1.29, 1.82) is 0 Å². The van der Waals surface area contributed by atoms with Crippen molar-refractivity contribution >= 4 is 33.8 Å². The third-order valence-electron chi connectivity index (χ3n) is 6.00. The first-order valence-corrected chi connectivity index (χ1v) is 11.4. The number of nitrogens with zero attached hydrogens (tertiary/aromatic N) is 5. The Kier molecular flexibility index (Phi) is 7.25. The van der Waals surface area contributed by atoms with Crippen molar-refractivity contribution < 1.29 is 27.9 Å². The minimum Gasteiger partial charge on any atom is -0.475 e. The van der Waals surface area contributed by atoms with E-state index in [1.54, 1.807) is 18.5 Å². The molecule has 4 aromatic rings. The fourth-order valence-corrected chi connectivity index (χ4v) is 4.31. The molecule has 2 N–H and O–H groups in total. The summed E-state index contributed by atoms with van der Waals surface area (Å²) in [5, 5.41) is 11.3. The van der Waals surface area contributed by atoms with Gasteiger partial charge in [0, 0.05) is 37.9 Å². The quantitative estimate of drug-likeness (QED) is 0.434. The van der Waals surface area contributed by atoms with Crippen LogP contribution in [0.15, 0.2) is 48.8 Å². The van der Waals surface area contributed by atoms with Gasteiger partial charge in [-0.05, 0) is 44.1 Å². The van der Waals surface area contributed by atoms with E-state index in [1.165, 1.54) is 12.8 Å². The van der Waals surface area contributed by atoms with Gasteiger partial charge in [-0.15, -0.1) is 0 Å². The number of nitrogens with one attached hydrogen (secondary N) is 1.